The first-order chi connectivity index (χ1) is 6.33. The van der Waals surface area contributed by atoms with Crippen molar-refractivity contribution >= 4 is 5.97 Å². The monoisotopic (exact) mass is 176 g/mol. The van der Waals surface area contributed by atoms with Crippen molar-refractivity contribution in [3.8, 4) is 17.6 Å². The minimum absolute atomic E-state index is 0.343. The van der Waals surface area contributed by atoms with Gasteiger partial charge in [0.05, 0.1) is 0 Å². The topological polar surface area (TPSA) is 46.5 Å². The average molecular weight is 176 g/mol. The second kappa shape index (κ2) is 4.96. The van der Waals surface area contributed by atoms with Crippen LogP contribution >= 0.6 is 0 Å². The maximum absolute atomic E-state index is 10.9. The van der Waals surface area contributed by atoms with Crippen LogP contribution in [0.25, 0.3) is 0 Å². The highest BCUT2D eigenvalue weighted by Crippen LogP contribution is 2.07. The normalized spacial score (nSPS) is 8.38. The number of hydrogen-bond acceptors (Lipinski definition) is 3. The van der Waals surface area contributed by atoms with E-state index in [0.717, 1.165) is 0 Å². The fourth-order valence-electron chi connectivity index (χ4n) is 0.733. The molecule has 0 bridgehead atoms. The first kappa shape index (κ1) is 9.30. The molecule has 66 valence electrons. The van der Waals surface area contributed by atoms with Gasteiger partial charge < -0.3 is 9.84 Å². The van der Waals surface area contributed by atoms with E-state index in [0.29, 0.717) is 5.75 Å². The third-order valence-corrected chi connectivity index (χ3v) is 1.22. The minimum Gasteiger partial charge on any atom is -0.417 e. The summed E-state index contributed by atoms with van der Waals surface area (Å²) < 4.78 is 4.79. The molecular weight excluding hydrogens is 168 g/mol. The van der Waals surface area contributed by atoms with E-state index >= 15 is 0 Å². The molecule has 0 aliphatic rings. The number of hydrogen-bond donors (Lipinski definition) is 1. The minimum atomic E-state index is -0.666. The molecular formula is C10H8O3. The van der Waals surface area contributed by atoms with E-state index in [1.807, 2.05) is 6.07 Å². The van der Waals surface area contributed by atoms with Crippen LogP contribution in [0.1, 0.15) is 0 Å². The van der Waals surface area contributed by atoms with Gasteiger partial charge in [0, 0.05) is 5.92 Å². The Kier molecular flexibility index (Phi) is 3.55. The summed E-state index contributed by atoms with van der Waals surface area (Å²) in [6.07, 6.45) is 0. The Balaban J connectivity index is 2.55. The second-order valence-corrected chi connectivity index (χ2v) is 2.16. The predicted octanol–water partition coefficient (Wildman–Crippen LogP) is 0.588. The number of esters is 1. The van der Waals surface area contributed by atoms with Gasteiger partial charge in [-0.05, 0) is 12.1 Å². The first-order valence-corrected chi connectivity index (χ1v) is 3.69. The molecule has 13 heavy (non-hydrogen) atoms. The molecule has 0 saturated heterocycles. The quantitative estimate of drug-likeness (QED) is 0.295. The van der Waals surface area contributed by atoms with Gasteiger partial charge in [0.1, 0.15) is 12.4 Å². The van der Waals surface area contributed by atoms with Crippen LogP contribution in [0.2, 0.25) is 0 Å². The van der Waals surface area contributed by atoms with Crippen LogP contribution in [0.5, 0.6) is 5.75 Å². The van der Waals surface area contributed by atoms with Crippen LogP contribution in [-0.4, -0.2) is 17.7 Å². The number of para-hydroxylation sites is 1. The molecule has 0 atom stereocenters. The van der Waals surface area contributed by atoms with Crippen LogP contribution in [0.4, 0.5) is 0 Å². The number of aliphatic hydroxyl groups is 1. The number of carbonyl (C=O) groups excluding carboxylic acids is 1. The average Bonchev–Trinajstić information content (AvgIpc) is 2.16. The Bertz CT molecular complexity index is 332. The molecule has 0 aliphatic heterocycles. The van der Waals surface area contributed by atoms with Gasteiger partial charge in [0.2, 0.25) is 0 Å². The van der Waals surface area contributed by atoms with Crippen LogP contribution in [0.3, 0.4) is 0 Å². The smallest absolute Gasteiger partial charge is 0.389 e. The fourth-order valence-corrected chi connectivity index (χ4v) is 0.733. The summed E-state index contributed by atoms with van der Waals surface area (Å²) in [4.78, 5) is 10.9. The van der Waals surface area contributed by atoms with Crippen LogP contribution < -0.4 is 4.74 Å². The van der Waals surface area contributed by atoms with Gasteiger partial charge in [-0.25, -0.2) is 4.79 Å². The number of ether oxygens (including phenoxy) is 1. The maximum atomic E-state index is 10.9. The van der Waals surface area contributed by atoms with Crippen molar-refractivity contribution < 1.29 is 14.6 Å². The van der Waals surface area contributed by atoms with Crippen molar-refractivity contribution in [1.82, 2.24) is 0 Å². The van der Waals surface area contributed by atoms with Crippen LogP contribution in [0.15, 0.2) is 30.3 Å². The van der Waals surface area contributed by atoms with E-state index in [4.69, 9.17) is 9.84 Å². The summed E-state index contributed by atoms with van der Waals surface area (Å²) in [7, 11) is 0. The first-order valence-electron chi connectivity index (χ1n) is 3.69. The van der Waals surface area contributed by atoms with E-state index in [2.05, 4.69) is 11.8 Å². The lowest BCUT2D eigenvalue weighted by molar-refractivity contribution is -0.128. The molecule has 1 N–H and O–H groups in total. The highest BCUT2D eigenvalue weighted by atomic mass is 16.5. The predicted molar refractivity (Wildman–Crippen MR) is 46.9 cm³/mol. The third-order valence-electron chi connectivity index (χ3n) is 1.22. The number of benzene rings is 1. The summed E-state index contributed by atoms with van der Waals surface area (Å²) in [5.74, 6) is 4.10. The molecule has 0 fully saturated rings. The highest BCUT2D eigenvalue weighted by Gasteiger charge is 1.97. The number of rotatable bonds is 1. The van der Waals surface area contributed by atoms with Crippen molar-refractivity contribution in [3.63, 3.8) is 0 Å². The van der Waals surface area contributed by atoms with Crippen molar-refractivity contribution in [3.05, 3.63) is 30.3 Å². The van der Waals surface area contributed by atoms with E-state index in [1.165, 1.54) is 0 Å². The zero-order valence-electron chi connectivity index (χ0n) is 6.86. The molecule has 0 unspecified atom stereocenters. The van der Waals surface area contributed by atoms with Crippen molar-refractivity contribution in [2.24, 2.45) is 0 Å². The van der Waals surface area contributed by atoms with Gasteiger partial charge >= 0.3 is 5.97 Å². The standard InChI is InChI=1S/C10H8O3/c11-8-4-7-10(12)13-9-5-2-1-3-6-9/h1-3,5-6,11H,8H2. The van der Waals surface area contributed by atoms with E-state index in [9.17, 15) is 4.79 Å². The van der Waals surface area contributed by atoms with Gasteiger partial charge in [-0.15, -0.1) is 0 Å². The molecule has 0 aromatic heterocycles. The summed E-state index contributed by atoms with van der Waals surface area (Å²) in [5.41, 5.74) is 0. The molecule has 3 heteroatoms. The van der Waals surface area contributed by atoms with Gasteiger partial charge in [0.25, 0.3) is 0 Å². The largest absolute Gasteiger partial charge is 0.417 e. The van der Waals surface area contributed by atoms with E-state index < -0.39 is 5.97 Å². The van der Waals surface area contributed by atoms with Crippen molar-refractivity contribution in [2.75, 3.05) is 6.61 Å². The molecule has 0 amide bonds. The van der Waals surface area contributed by atoms with Gasteiger partial charge in [-0.1, -0.05) is 24.1 Å². The summed E-state index contributed by atoms with van der Waals surface area (Å²) in [5, 5.41) is 8.30. The number of carbonyl (C=O) groups is 1. The molecule has 1 rings (SSSR count). The second-order valence-electron chi connectivity index (χ2n) is 2.16. The molecule has 1 aromatic carbocycles. The molecule has 0 spiro atoms. The van der Waals surface area contributed by atoms with Crippen molar-refractivity contribution in [1.29, 1.82) is 0 Å². The van der Waals surface area contributed by atoms with Crippen molar-refractivity contribution in [2.45, 2.75) is 0 Å². The summed E-state index contributed by atoms with van der Waals surface area (Å²) in [6.45, 7) is -0.343. The number of aliphatic hydroxyl groups excluding tert-OH is 1. The SMILES string of the molecule is O=C(C#CCO)Oc1ccccc1. The Morgan fingerprint density at radius 3 is 2.69 bits per heavy atom. The molecule has 0 aliphatic carbocycles. The molecule has 0 saturated carbocycles. The lowest BCUT2D eigenvalue weighted by Gasteiger charge is -1.97. The van der Waals surface area contributed by atoms with Gasteiger partial charge in [-0.2, -0.15) is 0 Å². The Morgan fingerprint density at radius 1 is 1.38 bits per heavy atom. The zero-order chi connectivity index (χ0) is 9.52. The van der Waals surface area contributed by atoms with E-state index in [-0.39, 0.29) is 6.61 Å². The highest BCUT2D eigenvalue weighted by molar-refractivity contribution is 5.90. The van der Waals surface area contributed by atoms with Gasteiger partial charge in [-0.3, -0.25) is 0 Å². The zero-order valence-corrected chi connectivity index (χ0v) is 6.86. The third kappa shape index (κ3) is 3.41. The molecule has 1 aromatic rings. The Labute approximate surface area is 76.0 Å². The Hall–Kier alpha value is -1.79. The Morgan fingerprint density at radius 2 is 2.08 bits per heavy atom. The molecule has 0 heterocycles. The fraction of sp³-hybridized carbons (Fsp3) is 0.100. The van der Waals surface area contributed by atoms with E-state index in [1.54, 1.807) is 24.3 Å². The molecule has 3 nitrogen and oxygen atoms in total. The van der Waals surface area contributed by atoms with Crippen LogP contribution in [0, 0.1) is 11.8 Å². The lowest BCUT2D eigenvalue weighted by atomic mass is 10.3. The molecule has 0 radical (unpaired) electrons. The summed E-state index contributed by atoms with van der Waals surface area (Å²) >= 11 is 0. The van der Waals surface area contributed by atoms with Gasteiger partial charge in [0.15, 0.2) is 0 Å². The summed E-state index contributed by atoms with van der Waals surface area (Å²) in [6, 6.07) is 8.62. The van der Waals surface area contributed by atoms with Crippen LogP contribution in [-0.2, 0) is 4.79 Å². The maximum Gasteiger partial charge on any atom is 0.389 e. The lowest BCUT2D eigenvalue weighted by Crippen LogP contribution is -2.04.